The van der Waals surface area contributed by atoms with Crippen LogP contribution in [0.5, 0.6) is 0 Å². The number of hydrogen-bond acceptors (Lipinski definition) is 6. The van der Waals surface area contributed by atoms with Gasteiger partial charge in [-0.15, -0.1) is 13.2 Å². The van der Waals surface area contributed by atoms with Crippen LogP contribution in [0.25, 0.3) is 0 Å². The van der Waals surface area contributed by atoms with Gasteiger partial charge in [-0.2, -0.15) is 8.42 Å². The molecule has 0 radical (unpaired) electrons. The maximum atomic E-state index is 11.5. The van der Waals surface area contributed by atoms with Crippen molar-refractivity contribution < 1.29 is 26.5 Å². The zero-order chi connectivity index (χ0) is 20.9. The van der Waals surface area contributed by atoms with Crippen LogP contribution in [0.15, 0.2) is 25.3 Å². The molecule has 1 aliphatic rings. The third-order valence-corrected chi connectivity index (χ3v) is 10.1. The molecule has 0 bridgehead atoms. The summed E-state index contributed by atoms with van der Waals surface area (Å²) in [5, 5.41) is 0.00871. The molecular weight excluding hydrogens is 384 g/mol. The monoisotopic (exact) mass is 420 g/mol. The summed E-state index contributed by atoms with van der Waals surface area (Å²) in [5.74, 6) is 0. The standard InChI is InChI=1S/C19H36O6SSi/c1-9-11-15(17-13-22-17)24-18(14-23-26(6,20)21)16(12-10-2)25-27(7,8)19(3,4)5/h9-10,15-18H,1-2,11-14H2,3-8H3/t15-,16+,17-,18+/m1/s1. The molecule has 0 aliphatic carbocycles. The van der Waals surface area contributed by atoms with E-state index in [1.54, 1.807) is 12.2 Å². The van der Waals surface area contributed by atoms with Gasteiger partial charge in [0.25, 0.3) is 10.1 Å². The van der Waals surface area contributed by atoms with Crippen LogP contribution >= 0.6 is 0 Å². The summed E-state index contributed by atoms with van der Waals surface area (Å²) in [7, 11) is -5.70. The maximum absolute atomic E-state index is 11.5. The van der Waals surface area contributed by atoms with Gasteiger partial charge in [0.05, 0.1) is 31.7 Å². The predicted octanol–water partition coefficient (Wildman–Crippen LogP) is 3.66. The molecule has 0 amide bonds. The van der Waals surface area contributed by atoms with Gasteiger partial charge in [0.2, 0.25) is 0 Å². The first-order valence-electron chi connectivity index (χ1n) is 9.32. The Morgan fingerprint density at radius 2 is 1.74 bits per heavy atom. The van der Waals surface area contributed by atoms with Crippen LogP contribution in [0.1, 0.15) is 33.6 Å². The van der Waals surface area contributed by atoms with Crippen molar-refractivity contribution in [2.75, 3.05) is 19.5 Å². The molecule has 1 heterocycles. The molecule has 1 aliphatic heterocycles. The molecule has 0 N–H and O–H groups in total. The number of hydrogen-bond donors (Lipinski definition) is 0. The number of rotatable bonds is 13. The summed E-state index contributed by atoms with van der Waals surface area (Å²) in [6, 6.07) is 0. The normalized spacial score (nSPS) is 21.3. The van der Waals surface area contributed by atoms with E-state index in [-0.39, 0.29) is 30.0 Å². The van der Waals surface area contributed by atoms with Gasteiger partial charge in [0.15, 0.2) is 8.32 Å². The minimum Gasteiger partial charge on any atom is -0.411 e. The van der Waals surface area contributed by atoms with E-state index < -0.39 is 24.5 Å². The molecule has 0 aromatic carbocycles. The highest BCUT2D eigenvalue weighted by Gasteiger charge is 2.42. The summed E-state index contributed by atoms with van der Waals surface area (Å²) in [5.41, 5.74) is 0. The van der Waals surface area contributed by atoms with Gasteiger partial charge in [-0.05, 0) is 31.0 Å². The van der Waals surface area contributed by atoms with Gasteiger partial charge in [-0.25, -0.2) is 0 Å². The average Bonchev–Trinajstić information content (AvgIpc) is 3.32. The van der Waals surface area contributed by atoms with Crippen molar-refractivity contribution in [1.29, 1.82) is 0 Å². The molecule has 0 aromatic rings. The molecule has 1 rings (SSSR count). The largest absolute Gasteiger partial charge is 0.411 e. The molecule has 0 saturated carbocycles. The van der Waals surface area contributed by atoms with E-state index >= 15 is 0 Å². The second kappa shape index (κ2) is 9.80. The minimum atomic E-state index is -3.59. The van der Waals surface area contributed by atoms with Crippen LogP contribution in [-0.4, -0.2) is 60.6 Å². The van der Waals surface area contributed by atoms with E-state index in [0.29, 0.717) is 19.4 Å². The molecule has 4 atom stereocenters. The second-order valence-electron chi connectivity index (χ2n) is 8.54. The van der Waals surface area contributed by atoms with Crippen molar-refractivity contribution in [3.63, 3.8) is 0 Å². The van der Waals surface area contributed by atoms with Crippen LogP contribution in [0, 0.1) is 0 Å². The van der Waals surface area contributed by atoms with Crippen molar-refractivity contribution in [1.82, 2.24) is 0 Å². The van der Waals surface area contributed by atoms with E-state index in [1.165, 1.54) is 0 Å². The fourth-order valence-corrected chi connectivity index (χ4v) is 4.11. The van der Waals surface area contributed by atoms with Crippen LogP contribution in [0.2, 0.25) is 18.1 Å². The Morgan fingerprint density at radius 1 is 1.19 bits per heavy atom. The first-order chi connectivity index (χ1) is 12.3. The SMILES string of the molecule is C=CC[C@H](O[Si](C)(C)C(C)(C)C)[C@H](COS(C)(=O)=O)O[C@H](CC=C)[C@H]1CO1. The van der Waals surface area contributed by atoms with Gasteiger partial charge in [0.1, 0.15) is 12.2 Å². The van der Waals surface area contributed by atoms with E-state index in [9.17, 15) is 8.42 Å². The highest BCUT2D eigenvalue weighted by Crippen LogP contribution is 2.38. The van der Waals surface area contributed by atoms with E-state index in [1.807, 2.05) is 0 Å². The van der Waals surface area contributed by atoms with Crippen LogP contribution in [0.4, 0.5) is 0 Å². The molecule has 0 unspecified atom stereocenters. The molecule has 1 fully saturated rings. The molecule has 0 aromatic heterocycles. The minimum absolute atomic E-state index is 0.000913. The van der Waals surface area contributed by atoms with E-state index in [4.69, 9.17) is 18.1 Å². The van der Waals surface area contributed by atoms with Crippen molar-refractivity contribution >= 4 is 18.4 Å². The Balaban J connectivity index is 3.04. The smallest absolute Gasteiger partial charge is 0.264 e. The zero-order valence-electron chi connectivity index (χ0n) is 17.6. The van der Waals surface area contributed by atoms with Crippen molar-refractivity contribution in [3.8, 4) is 0 Å². The molecule has 0 spiro atoms. The van der Waals surface area contributed by atoms with Crippen molar-refractivity contribution in [2.24, 2.45) is 0 Å². The Hall–Kier alpha value is -0.513. The summed E-state index contributed by atoms with van der Waals surface area (Å²) < 4.78 is 46.4. The van der Waals surface area contributed by atoms with Crippen LogP contribution in [-0.2, 0) is 28.2 Å². The number of epoxide rings is 1. The van der Waals surface area contributed by atoms with Crippen LogP contribution in [0.3, 0.4) is 0 Å². The van der Waals surface area contributed by atoms with Crippen molar-refractivity contribution in [3.05, 3.63) is 25.3 Å². The Morgan fingerprint density at radius 3 is 2.15 bits per heavy atom. The lowest BCUT2D eigenvalue weighted by molar-refractivity contribution is -0.0928. The van der Waals surface area contributed by atoms with Gasteiger partial charge in [-0.3, -0.25) is 4.18 Å². The first-order valence-corrected chi connectivity index (χ1v) is 14.0. The fraction of sp³-hybridized carbons (Fsp3) is 0.789. The summed E-state index contributed by atoms with van der Waals surface area (Å²) >= 11 is 0. The molecule has 158 valence electrons. The third kappa shape index (κ3) is 8.58. The second-order valence-corrected chi connectivity index (χ2v) is 14.9. The lowest BCUT2D eigenvalue weighted by atomic mass is 10.1. The molecule has 6 nitrogen and oxygen atoms in total. The lowest BCUT2D eigenvalue weighted by Gasteiger charge is -2.41. The third-order valence-electron chi connectivity index (χ3n) is 5.03. The quantitative estimate of drug-likeness (QED) is 0.196. The van der Waals surface area contributed by atoms with Gasteiger partial charge in [0, 0.05) is 0 Å². The summed E-state index contributed by atoms with van der Waals surface area (Å²) in [4.78, 5) is 0. The number of ether oxygens (including phenoxy) is 2. The van der Waals surface area contributed by atoms with Gasteiger partial charge >= 0.3 is 0 Å². The Bertz CT molecular complexity index is 592. The molecule has 8 heteroatoms. The molecule has 27 heavy (non-hydrogen) atoms. The Labute approximate surface area is 166 Å². The van der Waals surface area contributed by atoms with E-state index in [2.05, 4.69) is 47.0 Å². The van der Waals surface area contributed by atoms with Crippen LogP contribution < -0.4 is 0 Å². The Kier molecular flexibility index (Phi) is 8.90. The predicted molar refractivity (Wildman–Crippen MR) is 111 cm³/mol. The fourth-order valence-electron chi connectivity index (χ4n) is 2.37. The summed E-state index contributed by atoms with van der Waals surface area (Å²) in [6.07, 6.45) is 4.62. The lowest BCUT2D eigenvalue weighted by Crippen LogP contribution is -2.49. The van der Waals surface area contributed by atoms with E-state index in [0.717, 1.165) is 6.26 Å². The topological polar surface area (TPSA) is 74.4 Å². The highest BCUT2D eigenvalue weighted by molar-refractivity contribution is 7.85. The highest BCUT2D eigenvalue weighted by atomic mass is 32.2. The van der Waals surface area contributed by atoms with Gasteiger partial charge in [-0.1, -0.05) is 32.9 Å². The first kappa shape index (κ1) is 24.5. The molecule has 1 saturated heterocycles. The molecular formula is C19H36O6SSi. The van der Waals surface area contributed by atoms with Crippen molar-refractivity contribution in [2.45, 2.75) is 76.2 Å². The maximum Gasteiger partial charge on any atom is 0.264 e. The van der Waals surface area contributed by atoms with Gasteiger partial charge < -0.3 is 13.9 Å². The zero-order valence-corrected chi connectivity index (χ0v) is 19.4. The average molecular weight is 421 g/mol. The summed E-state index contributed by atoms with van der Waals surface area (Å²) in [6.45, 7) is 18.9.